The van der Waals surface area contributed by atoms with Gasteiger partial charge in [0.2, 0.25) is 0 Å². The molecular weight excluding hydrogens is 288 g/mol. The fourth-order valence-electron chi connectivity index (χ4n) is 2.67. The molecule has 0 amide bonds. The van der Waals surface area contributed by atoms with Gasteiger partial charge in [0.15, 0.2) is 0 Å². The number of hydrogen-bond acceptors (Lipinski definition) is 2. The summed E-state index contributed by atoms with van der Waals surface area (Å²) in [6, 6.07) is 7.81. The predicted octanol–water partition coefficient (Wildman–Crippen LogP) is 3.72. The summed E-state index contributed by atoms with van der Waals surface area (Å²) in [6.45, 7) is 8.85. The third-order valence-corrected chi connectivity index (χ3v) is 4.07. The van der Waals surface area contributed by atoms with Crippen LogP contribution in [0.5, 0.6) is 0 Å². The Morgan fingerprint density at radius 2 is 2.17 bits per heavy atom. The molecule has 1 aliphatic heterocycles. The van der Waals surface area contributed by atoms with Crippen LogP contribution < -0.4 is 10.2 Å². The molecular formula is C15H23BrN2. The third-order valence-electron chi connectivity index (χ3n) is 3.43. The quantitative estimate of drug-likeness (QED) is 0.915. The maximum Gasteiger partial charge on any atom is 0.0511 e. The number of nitrogens with one attached hydrogen (secondary N) is 1. The van der Waals surface area contributed by atoms with Gasteiger partial charge >= 0.3 is 0 Å². The van der Waals surface area contributed by atoms with Crippen molar-refractivity contribution in [3.63, 3.8) is 0 Å². The maximum atomic E-state index is 3.69. The van der Waals surface area contributed by atoms with Crippen molar-refractivity contribution in [2.45, 2.75) is 45.7 Å². The second kappa shape index (κ2) is 6.07. The molecule has 18 heavy (non-hydrogen) atoms. The van der Waals surface area contributed by atoms with Gasteiger partial charge in [0.05, 0.1) is 5.69 Å². The van der Waals surface area contributed by atoms with Crippen LogP contribution in [0, 0.1) is 6.92 Å². The monoisotopic (exact) mass is 310 g/mol. The van der Waals surface area contributed by atoms with Crippen molar-refractivity contribution in [2.24, 2.45) is 0 Å². The molecule has 1 atom stereocenters. The molecule has 0 radical (unpaired) electrons. The van der Waals surface area contributed by atoms with Gasteiger partial charge in [-0.2, -0.15) is 0 Å². The molecule has 0 aromatic heterocycles. The van der Waals surface area contributed by atoms with E-state index in [0.29, 0.717) is 12.1 Å². The molecule has 1 heterocycles. The molecule has 1 aromatic carbocycles. The van der Waals surface area contributed by atoms with Crippen LogP contribution in [0.15, 0.2) is 22.7 Å². The minimum atomic E-state index is 0.566. The van der Waals surface area contributed by atoms with Crippen molar-refractivity contribution in [2.75, 3.05) is 18.0 Å². The molecule has 2 nitrogen and oxygen atoms in total. The molecule has 2 rings (SSSR count). The Morgan fingerprint density at radius 1 is 1.39 bits per heavy atom. The number of benzene rings is 1. The van der Waals surface area contributed by atoms with Crippen LogP contribution >= 0.6 is 15.9 Å². The van der Waals surface area contributed by atoms with Crippen molar-refractivity contribution >= 4 is 21.6 Å². The van der Waals surface area contributed by atoms with Gasteiger partial charge in [-0.25, -0.2) is 0 Å². The summed E-state index contributed by atoms with van der Waals surface area (Å²) >= 11 is 3.69. The van der Waals surface area contributed by atoms with Crippen LogP contribution in [0.4, 0.5) is 5.69 Å². The second-order valence-electron chi connectivity index (χ2n) is 5.56. The number of halogens is 1. The summed E-state index contributed by atoms with van der Waals surface area (Å²) < 4.78 is 1.22. The largest absolute Gasteiger partial charge is 0.369 e. The van der Waals surface area contributed by atoms with E-state index in [4.69, 9.17) is 0 Å². The van der Waals surface area contributed by atoms with Gasteiger partial charge in [-0.15, -0.1) is 0 Å². The van der Waals surface area contributed by atoms with Crippen LogP contribution in [-0.4, -0.2) is 25.2 Å². The van der Waals surface area contributed by atoms with E-state index in [1.54, 1.807) is 0 Å². The zero-order chi connectivity index (χ0) is 13.1. The van der Waals surface area contributed by atoms with E-state index >= 15 is 0 Å². The molecule has 1 unspecified atom stereocenters. The van der Waals surface area contributed by atoms with Crippen molar-refractivity contribution in [1.82, 2.24) is 5.32 Å². The van der Waals surface area contributed by atoms with Crippen molar-refractivity contribution in [3.05, 3.63) is 28.2 Å². The standard InChI is InChI=1S/C15H23BrN2/c1-11(2)17-13-5-4-8-18(10-13)15-7-6-12(3)9-14(15)16/h6-7,9,11,13,17H,4-5,8,10H2,1-3H3. The van der Waals surface area contributed by atoms with Gasteiger partial charge in [0.25, 0.3) is 0 Å². The average molecular weight is 311 g/mol. The molecule has 1 saturated heterocycles. The third kappa shape index (κ3) is 3.48. The lowest BCUT2D eigenvalue weighted by Crippen LogP contribution is -2.48. The first-order valence-corrected chi connectivity index (χ1v) is 7.62. The summed E-state index contributed by atoms with van der Waals surface area (Å²) in [4.78, 5) is 2.49. The van der Waals surface area contributed by atoms with Crippen LogP contribution in [0.25, 0.3) is 0 Å². The van der Waals surface area contributed by atoms with Crippen molar-refractivity contribution in [3.8, 4) is 0 Å². The summed E-state index contributed by atoms with van der Waals surface area (Å²) in [5, 5.41) is 3.66. The van der Waals surface area contributed by atoms with E-state index in [2.05, 4.69) is 65.1 Å². The summed E-state index contributed by atoms with van der Waals surface area (Å²) in [5.41, 5.74) is 2.63. The Labute approximate surface area is 119 Å². The molecule has 0 spiro atoms. The van der Waals surface area contributed by atoms with Crippen LogP contribution in [0.1, 0.15) is 32.3 Å². The fraction of sp³-hybridized carbons (Fsp3) is 0.600. The molecule has 0 bridgehead atoms. The Bertz CT molecular complexity index is 403. The highest BCUT2D eigenvalue weighted by molar-refractivity contribution is 9.10. The summed E-state index contributed by atoms with van der Waals surface area (Å²) in [6.07, 6.45) is 2.56. The van der Waals surface area contributed by atoms with Crippen molar-refractivity contribution in [1.29, 1.82) is 0 Å². The Hall–Kier alpha value is -0.540. The van der Waals surface area contributed by atoms with E-state index in [0.717, 1.165) is 13.1 Å². The van der Waals surface area contributed by atoms with Gasteiger partial charge < -0.3 is 10.2 Å². The van der Waals surface area contributed by atoms with Crippen LogP contribution in [-0.2, 0) is 0 Å². The highest BCUT2D eigenvalue weighted by atomic mass is 79.9. The van der Waals surface area contributed by atoms with Gasteiger partial charge in [-0.3, -0.25) is 0 Å². The maximum absolute atomic E-state index is 3.69. The van der Waals surface area contributed by atoms with E-state index in [1.807, 2.05) is 0 Å². The van der Waals surface area contributed by atoms with E-state index < -0.39 is 0 Å². The first-order valence-electron chi connectivity index (χ1n) is 6.83. The molecule has 1 aliphatic rings. The van der Waals surface area contributed by atoms with Crippen LogP contribution in [0.2, 0.25) is 0 Å². The first-order chi connectivity index (χ1) is 8.56. The Kier molecular flexibility index (Phi) is 4.68. The Morgan fingerprint density at radius 3 is 2.83 bits per heavy atom. The van der Waals surface area contributed by atoms with E-state index in [1.165, 1.54) is 28.6 Å². The lowest BCUT2D eigenvalue weighted by Gasteiger charge is -2.36. The number of aryl methyl sites for hydroxylation is 1. The molecule has 3 heteroatoms. The number of rotatable bonds is 3. The highest BCUT2D eigenvalue weighted by Gasteiger charge is 2.21. The molecule has 0 saturated carbocycles. The Balaban J connectivity index is 2.08. The topological polar surface area (TPSA) is 15.3 Å². The molecule has 1 aromatic rings. The average Bonchev–Trinajstić information content (AvgIpc) is 2.28. The number of piperidine rings is 1. The van der Waals surface area contributed by atoms with Gasteiger partial charge in [-0.05, 0) is 53.4 Å². The zero-order valence-electron chi connectivity index (χ0n) is 11.5. The minimum Gasteiger partial charge on any atom is -0.369 e. The highest BCUT2D eigenvalue weighted by Crippen LogP contribution is 2.29. The minimum absolute atomic E-state index is 0.566. The molecule has 0 aliphatic carbocycles. The van der Waals surface area contributed by atoms with Crippen molar-refractivity contribution < 1.29 is 0 Å². The van der Waals surface area contributed by atoms with Gasteiger partial charge in [-0.1, -0.05) is 19.9 Å². The second-order valence-corrected chi connectivity index (χ2v) is 6.42. The van der Waals surface area contributed by atoms with E-state index in [9.17, 15) is 0 Å². The molecule has 1 fully saturated rings. The summed E-state index contributed by atoms with van der Waals surface area (Å²) in [5.74, 6) is 0. The number of hydrogen-bond donors (Lipinski definition) is 1. The lowest BCUT2D eigenvalue weighted by molar-refractivity contribution is 0.394. The smallest absolute Gasteiger partial charge is 0.0511 e. The van der Waals surface area contributed by atoms with Gasteiger partial charge in [0, 0.05) is 29.6 Å². The first kappa shape index (κ1) is 13.9. The molecule has 1 N–H and O–H groups in total. The zero-order valence-corrected chi connectivity index (χ0v) is 13.1. The predicted molar refractivity (Wildman–Crippen MR) is 82.4 cm³/mol. The number of anilines is 1. The lowest BCUT2D eigenvalue weighted by atomic mass is 10.0. The summed E-state index contributed by atoms with van der Waals surface area (Å²) in [7, 11) is 0. The fourth-order valence-corrected chi connectivity index (χ4v) is 3.42. The molecule has 100 valence electrons. The SMILES string of the molecule is Cc1ccc(N2CCCC(NC(C)C)C2)c(Br)c1. The number of nitrogens with zero attached hydrogens (tertiary/aromatic N) is 1. The van der Waals surface area contributed by atoms with E-state index in [-0.39, 0.29) is 0 Å². The normalized spacial score (nSPS) is 20.5. The van der Waals surface area contributed by atoms with Crippen LogP contribution in [0.3, 0.4) is 0 Å². The van der Waals surface area contributed by atoms with Gasteiger partial charge in [0.1, 0.15) is 0 Å².